The molecule has 1 saturated heterocycles. The van der Waals surface area contributed by atoms with Crippen LogP contribution in [0.15, 0.2) is 29.3 Å². The van der Waals surface area contributed by atoms with Gasteiger partial charge in [0, 0.05) is 18.8 Å². The molecule has 5 heteroatoms. The van der Waals surface area contributed by atoms with Crippen molar-refractivity contribution in [1.82, 2.24) is 10.6 Å². The fraction of sp³-hybridized carbons (Fsp3) is 0.611. The number of hydrogen-bond acceptors (Lipinski definition) is 3. The minimum atomic E-state index is -0.630. The highest BCUT2D eigenvalue weighted by atomic mass is 32.2. The monoisotopic (exact) mass is 335 g/mol. The third-order valence-corrected chi connectivity index (χ3v) is 5.38. The van der Waals surface area contributed by atoms with E-state index in [9.17, 15) is 5.11 Å². The SMILES string of the molecule is CCNC(=NCC1(O)CCSC1)NCC(C)c1cccc(C)c1. The molecule has 1 aliphatic rings. The zero-order chi connectivity index (χ0) is 16.7. The number of aliphatic hydroxyl groups is 1. The Balaban J connectivity index is 1.91. The molecule has 1 aromatic rings. The number of aliphatic imine (C=N–C) groups is 1. The second-order valence-electron chi connectivity index (χ2n) is 6.42. The van der Waals surface area contributed by atoms with Gasteiger partial charge in [-0.2, -0.15) is 11.8 Å². The first-order valence-corrected chi connectivity index (χ1v) is 9.57. The summed E-state index contributed by atoms with van der Waals surface area (Å²) in [7, 11) is 0. The maximum Gasteiger partial charge on any atom is 0.191 e. The van der Waals surface area contributed by atoms with Crippen LogP contribution >= 0.6 is 11.8 Å². The van der Waals surface area contributed by atoms with Crippen LogP contribution in [0.4, 0.5) is 0 Å². The zero-order valence-electron chi connectivity index (χ0n) is 14.4. The smallest absolute Gasteiger partial charge is 0.191 e. The van der Waals surface area contributed by atoms with Crippen molar-refractivity contribution < 1.29 is 5.11 Å². The second-order valence-corrected chi connectivity index (χ2v) is 7.52. The molecule has 2 atom stereocenters. The van der Waals surface area contributed by atoms with Gasteiger partial charge in [-0.1, -0.05) is 36.8 Å². The Labute approximate surface area is 144 Å². The summed E-state index contributed by atoms with van der Waals surface area (Å²) in [5, 5.41) is 17.1. The Kier molecular flexibility index (Phi) is 6.78. The lowest BCUT2D eigenvalue weighted by molar-refractivity contribution is 0.0778. The minimum Gasteiger partial charge on any atom is -0.387 e. The molecule has 3 N–H and O–H groups in total. The van der Waals surface area contributed by atoms with Gasteiger partial charge in [0.2, 0.25) is 0 Å². The van der Waals surface area contributed by atoms with E-state index in [2.05, 4.69) is 60.7 Å². The maximum atomic E-state index is 10.4. The Morgan fingerprint density at radius 3 is 2.91 bits per heavy atom. The van der Waals surface area contributed by atoms with Gasteiger partial charge in [-0.3, -0.25) is 4.99 Å². The molecule has 0 aromatic heterocycles. The quantitative estimate of drug-likeness (QED) is 0.552. The summed E-state index contributed by atoms with van der Waals surface area (Å²) in [6, 6.07) is 8.62. The van der Waals surface area contributed by atoms with E-state index < -0.39 is 5.60 Å². The Morgan fingerprint density at radius 2 is 2.26 bits per heavy atom. The fourth-order valence-electron chi connectivity index (χ4n) is 2.63. The van der Waals surface area contributed by atoms with Crippen molar-refractivity contribution in [2.24, 2.45) is 4.99 Å². The first-order chi connectivity index (χ1) is 11.0. The van der Waals surface area contributed by atoms with Crippen LogP contribution in [0.25, 0.3) is 0 Å². The van der Waals surface area contributed by atoms with Crippen molar-refractivity contribution in [3.05, 3.63) is 35.4 Å². The van der Waals surface area contributed by atoms with E-state index in [-0.39, 0.29) is 0 Å². The van der Waals surface area contributed by atoms with Gasteiger partial charge < -0.3 is 15.7 Å². The number of hydrogen-bond donors (Lipinski definition) is 3. The van der Waals surface area contributed by atoms with Gasteiger partial charge in [-0.05, 0) is 37.5 Å². The summed E-state index contributed by atoms with van der Waals surface area (Å²) in [4.78, 5) is 4.58. The molecular weight excluding hydrogens is 306 g/mol. The van der Waals surface area contributed by atoms with E-state index >= 15 is 0 Å². The van der Waals surface area contributed by atoms with E-state index in [0.717, 1.165) is 37.0 Å². The van der Waals surface area contributed by atoms with Crippen molar-refractivity contribution in [3.63, 3.8) is 0 Å². The predicted molar refractivity (Wildman–Crippen MR) is 100 cm³/mol. The number of thioether (sulfide) groups is 1. The molecule has 0 saturated carbocycles. The van der Waals surface area contributed by atoms with Gasteiger partial charge in [-0.25, -0.2) is 0 Å². The normalized spacial score (nSPS) is 22.9. The largest absolute Gasteiger partial charge is 0.387 e. The third kappa shape index (κ3) is 5.74. The predicted octanol–water partition coefficient (Wildman–Crippen LogP) is 2.52. The molecule has 1 heterocycles. The molecule has 1 fully saturated rings. The topological polar surface area (TPSA) is 56.7 Å². The van der Waals surface area contributed by atoms with Crippen LogP contribution in [0.1, 0.15) is 37.3 Å². The molecule has 4 nitrogen and oxygen atoms in total. The first kappa shape index (κ1) is 18.1. The molecule has 0 spiro atoms. The van der Waals surface area contributed by atoms with Crippen LogP contribution < -0.4 is 10.6 Å². The number of nitrogens with zero attached hydrogens (tertiary/aromatic N) is 1. The molecule has 2 rings (SSSR count). The number of nitrogens with one attached hydrogen (secondary N) is 2. The average molecular weight is 336 g/mol. The summed E-state index contributed by atoms with van der Waals surface area (Å²) in [6.07, 6.45) is 0.834. The van der Waals surface area contributed by atoms with E-state index in [1.165, 1.54) is 11.1 Å². The maximum absolute atomic E-state index is 10.4. The summed E-state index contributed by atoms with van der Waals surface area (Å²) < 4.78 is 0. The van der Waals surface area contributed by atoms with Crippen molar-refractivity contribution >= 4 is 17.7 Å². The highest BCUT2D eigenvalue weighted by Crippen LogP contribution is 2.27. The van der Waals surface area contributed by atoms with E-state index in [4.69, 9.17) is 0 Å². The lowest BCUT2D eigenvalue weighted by Gasteiger charge is -2.21. The summed E-state index contributed by atoms with van der Waals surface area (Å²) in [6.45, 7) is 8.50. The third-order valence-electron chi connectivity index (χ3n) is 4.15. The number of guanidine groups is 1. The molecule has 0 radical (unpaired) electrons. The number of rotatable bonds is 6. The lowest BCUT2D eigenvalue weighted by atomic mass is 9.99. The molecule has 0 bridgehead atoms. The highest BCUT2D eigenvalue weighted by molar-refractivity contribution is 7.99. The van der Waals surface area contributed by atoms with E-state index in [1.807, 2.05) is 0 Å². The van der Waals surface area contributed by atoms with Crippen molar-refractivity contribution in [2.75, 3.05) is 31.1 Å². The summed E-state index contributed by atoms with van der Waals surface area (Å²) in [5.41, 5.74) is 1.99. The Morgan fingerprint density at radius 1 is 1.43 bits per heavy atom. The molecule has 0 amide bonds. The van der Waals surface area contributed by atoms with Gasteiger partial charge in [0.15, 0.2) is 5.96 Å². The van der Waals surface area contributed by atoms with Crippen LogP contribution in [0.2, 0.25) is 0 Å². The fourth-order valence-corrected chi connectivity index (χ4v) is 3.92. The van der Waals surface area contributed by atoms with E-state index in [0.29, 0.717) is 12.5 Å². The second kappa shape index (κ2) is 8.60. The van der Waals surface area contributed by atoms with Crippen molar-refractivity contribution in [1.29, 1.82) is 0 Å². The van der Waals surface area contributed by atoms with Crippen LogP contribution in [-0.4, -0.2) is 47.8 Å². The van der Waals surface area contributed by atoms with Gasteiger partial charge >= 0.3 is 0 Å². The molecule has 1 aliphatic heterocycles. The van der Waals surface area contributed by atoms with Crippen LogP contribution in [0.5, 0.6) is 0 Å². The highest BCUT2D eigenvalue weighted by Gasteiger charge is 2.31. The zero-order valence-corrected chi connectivity index (χ0v) is 15.2. The lowest BCUT2D eigenvalue weighted by Crippen LogP contribution is -2.41. The summed E-state index contributed by atoms with van der Waals surface area (Å²) in [5.74, 6) is 3.01. The van der Waals surface area contributed by atoms with Gasteiger partial charge in [0.1, 0.15) is 0 Å². The summed E-state index contributed by atoms with van der Waals surface area (Å²) >= 11 is 1.80. The van der Waals surface area contributed by atoms with Crippen LogP contribution in [-0.2, 0) is 0 Å². The molecule has 128 valence electrons. The van der Waals surface area contributed by atoms with Crippen molar-refractivity contribution in [2.45, 2.75) is 38.7 Å². The molecule has 2 unspecified atom stereocenters. The average Bonchev–Trinajstić information content (AvgIpc) is 2.97. The van der Waals surface area contributed by atoms with E-state index in [1.54, 1.807) is 11.8 Å². The molecule has 23 heavy (non-hydrogen) atoms. The van der Waals surface area contributed by atoms with Crippen LogP contribution in [0, 0.1) is 6.92 Å². The standard InChI is InChI=1S/C18H29N3OS/c1-4-19-17(21-12-18(22)8-9-23-13-18)20-11-15(3)16-7-5-6-14(2)10-16/h5-7,10,15,22H,4,8-9,11-13H2,1-3H3,(H2,19,20,21). The Bertz CT molecular complexity index is 527. The number of aryl methyl sites for hydroxylation is 1. The first-order valence-electron chi connectivity index (χ1n) is 8.41. The van der Waals surface area contributed by atoms with Crippen LogP contribution in [0.3, 0.4) is 0 Å². The van der Waals surface area contributed by atoms with Crippen molar-refractivity contribution in [3.8, 4) is 0 Å². The van der Waals surface area contributed by atoms with Gasteiger partial charge in [0.25, 0.3) is 0 Å². The molecule has 1 aromatic carbocycles. The molecular formula is C18H29N3OS. The minimum absolute atomic E-state index is 0.406. The molecule has 0 aliphatic carbocycles. The van der Waals surface area contributed by atoms with Gasteiger partial charge in [0.05, 0.1) is 12.1 Å². The van der Waals surface area contributed by atoms with Gasteiger partial charge in [-0.15, -0.1) is 0 Å². The Hall–Kier alpha value is -1.20. The number of benzene rings is 1.